The molecule has 0 aliphatic heterocycles. The van der Waals surface area contributed by atoms with Crippen LogP contribution in [0.25, 0.3) is 10.9 Å². The Balaban J connectivity index is 1.31. The summed E-state index contributed by atoms with van der Waals surface area (Å²) in [6.07, 6.45) is 4.22. The maximum atomic E-state index is 13.1. The molecule has 3 aromatic rings. The molecule has 0 unspecified atom stereocenters. The molecular formula is C23H26FN3O3S. The minimum atomic E-state index is -3.62. The molecule has 3 N–H and O–H groups in total. The number of amides is 1. The number of fused-ring (bicyclic) bond motifs is 1. The SMILES string of the molecule is C[C@@H](NC(=O)C1CCC(NS(=O)(=O)c2ccc3[nH]ccc3c2)CC1)c1ccc(F)cc1. The highest BCUT2D eigenvalue weighted by atomic mass is 32.2. The highest BCUT2D eigenvalue weighted by Gasteiger charge is 2.29. The van der Waals surface area contributed by atoms with Crippen LogP contribution in [0.3, 0.4) is 0 Å². The fourth-order valence-corrected chi connectivity index (χ4v) is 5.47. The van der Waals surface area contributed by atoms with Gasteiger partial charge in [0.25, 0.3) is 0 Å². The van der Waals surface area contributed by atoms with E-state index in [1.54, 1.807) is 36.5 Å². The van der Waals surface area contributed by atoms with Gasteiger partial charge in [-0.2, -0.15) is 0 Å². The second-order valence-corrected chi connectivity index (χ2v) is 9.89. The summed E-state index contributed by atoms with van der Waals surface area (Å²) in [5.41, 5.74) is 1.73. The second kappa shape index (κ2) is 8.80. The monoisotopic (exact) mass is 443 g/mol. The first-order valence-electron chi connectivity index (χ1n) is 10.5. The molecule has 0 radical (unpaired) electrons. The highest BCUT2D eigenvalue weighted by molar-refractivity contribution is 7.89. The largest absolute Gasteiger partial charge is 0.361 e. The lowest BCUT2D eigenvalue weighted by Crippen LogP contribution is -2.41. The van der Waals surface area contributed by atoms with Gasteiger partial charge < -0.3 is 10.3 Å². The lowest BCUT2D eigenvalue weighted by atomic mass is 9.85. The van der Waals surface area contributed by atoms with E-state index in [0.717, 1.165) is 16.5 Å². The summed E-state index contributed by atoms with van der Waals surface area (Å²) >= 11 is 0. The number of carbonyl (C=O) groups is 1. The highest BCUT2D eigenvalue weighted by Crippen LogP contribution is 2.27. The van der Waals surface area contributed by atoms with Gasteiger partial charge in [-0.3, -0.25) is 4.79 Å². The van der Waals surface area contributed by atoms with Gasteiger partial charge in [0.2, 0.25) is 15.9 Å². The number of aromatic amines is 1. The van der Waals surface area contributed by atoms with Crippen molar-refractivity contribution in [1.29, 1.82) is 0 Å². The molecule has 2 aromatic carbocycles. The summed E-state index contributed by atoms with van der Waals surface area (Å²) in [6, 6.07) is 12.5. The fraction of sp³-hybridized carbons (Fsp3) is 0.348. The number of carbonyl (C=O) groups excluding carboxylic acids is 1. The van der Waals surface area contributed by atoms with Crippen LogP contribution in [-0.2, 0) is 14.8 Å². The number of halogens is 1. The third kappa shape index (κ3) is 4.97. The Morgan fingerprint density at radius 1 is 1.06 bits per heavy atom. The third-order valence-corrected chi connectivity index (χ3v) is 7.50. The first-order chi connectivity index (χ1) is 14.8. The maximum Gasteiger partial charge on any atom is 0.240 e. The van der Waals surface area contributed by atoms with E-state index in [-0.39, 0.29) is 34.6 Å². The molecule has 1 saturated carbocycles. The van der Waals surface area contributed by atoms with Gasteiger partial charge in [-0.05, 0) is 74.6 Å². The van der Waals surface area contributed by atoms with Crippen LogP contribution < -0.4 is 10.0 Å². The zero-order chi connectivity index (χ0) is 22.0. The molecule has 0 bridgehead atoms. The van der Waals surface area contributed by atoms with Crippen LogP contribution in [0.5, 0.6) is 0 Å². The molecule has 8 heteroatoms. The minimum Gasteiger partial charge on any atom is -0.361 e. The molecule has 1 aromatic heterocycles. The van der Waals surface area contributed by atoms with Gasteiger partial charge in [0, 0.05) is 29.1 Å². The van der Waals surface area contributed by atoms with E-state index in [9.17, 15) is 17.6 Å². The van der Waals surface area contributed by atoms with Crippen LogP contribution in [0, 0.1) is 11.7 Å². The smallest absolute Gasteiger partial charge is 0.240 e. The number of hydrogen-bond donors (Lipinski definition) is 3. The predicted octanol–water partition coefficient (Wildman–Crippen LogP) is 4.02. The molecule has 1 fully saturated rings. The summed E-state index contributed by atoms with van der Waals surface area (Å²) in [7, 11) is -3.62. The maximum absolute atomic E-state index is 13.1. The summed E-state index contributed by atoms with van der Waals surface area (Å²) < 4.78 is 41.4. The molecule has 164 valence electrons. The average Bonchev–Trinajstić information content (AvgIpc) is 3.22. The fourth-order valence-electron chi connectivity index (χ4n) is 4.13. The summed E-state index contributed by atoms with van der Waals surface area (Å²) in [5.74, 6) is -0.507. The standard InChI is InChI=1S/C23H26FN3O3S/c1-15(16-2-6-19(24)7-3-16)26-23(28)17-4-8-20(9-5-17)27-31(29,30)21-10-11-22-18(14-21)12-13-25-22/h2-3,6-7,10-15,17,20,25,27H,4-5,8-9H2,1H3,(H,26,28)/t15-,17?,20?/m1/s1. The van der Waals surface area contributed by atoms with Gasteiger partial charge in [-0.1, -0.05) is 12.1 Å². The number of aromatic nitrogens is 1. The zero-order valence-electron chi connectivity index (χ0n) is 17.3. The van der Waals surface area contributed by atoms with E-state index in [4.69, 9.17) is 0 Å². The average molecular weight is 444 g/mol. The Labute approximate surface area is 181 Å². The Hall–Kier alpha value is -2.71. The van der Waals surface area contributed by atoms with Crippen molar-refractivity contribution in [2.75, 3.05) is 0 Å². The van der Waals surface area contributed by atoms with Crippen LogP contribution in [0.2, 0.25) is 0 Å². The van der Waals surface area contributed by atoms with Crippen molar-refractivity contribution in [1.82, 2.24) is 15.0 Å². The van der Waals surface area contributed by atoms with E-state index in [1.807, 2.05) is 13.0 Å². The third-order valence-electron chi connectivity index (χ3n) is 5.98. The van der Waals surface area contributed by atoms with Gasteiger partial charge in [-0.15, -0.1) is 0 Å². The van der Waals surface area contributed by atoms with E-state index in [1.165, 1.54) is 12.1 Å². The molecular weight excluding hydrogens is 417 g/mol. The lowest BCUT2D eigenvalue weighted by Gasteiger charge is -2.29. The van der Waals surface area contributed by atoms with Gasteiger partial charge in [0.1, 0.15) is 5.82 Å². The Morgan fingerprint density at radius 3 is 2.48 bits per heavy atom. The summed E-state index contributed by atoms with van der Waals surface area (Å²) in [4.78, 5) is 15.9. The molecule has 1 aliphatic rings. The number of sulfonamides is 1. The van der Waals surface area contributed by atoms with Crippen LogP contribution in [0.15, 0.2) is 59.6 Å². The van der Waals surface area contributed by atoms with Crippen molar-refractivity contribution in [2.45, 2.75) is 49.6 Å². The molecule has 1 atom stereocenters. The van der Waals surface area contributed by atoms with Crippen molar-refractivity contribution in [3.8, 4) is 0 Å². The van der Waals surface area contributed by atoms with Crippen LogP contribution >= 0.6 is 0 Å². The van der Waals surface area contributed by atoms with E-state index < -0.39 is 10.0 Å². The van der Waals surface area contributed by atoms with E-state index >= 15 is 0 Å². The molecule has 1 aliphatic carbocycles. The zero-order valence-corrected chi connectivity index (χ0v) is 18.1. The predicted molar refractivity (Wildman–Crippen MR) is 117 cm³/mol. The normalized spacial score (nSPS) is 20.5. The van der Waals surface area contributed by atoms with E-state index in [0.29, 0.717) is 25.7 Å². The first kappa shape index (κ1) is 21.5. The summed E-state index contributed by atoms with van der Waals surface area (Å²) in [5, 5.41) is 3.83. The summed E-state index contributed by atoms with van der Waals surface area (Å²) in [6.45, 7) is 1.87. The Kier molecular flexibility index (Phi) is 6.11. The molecule has 0 spiro atoms. The van der Waals surface area contributed by atoms with Crippen LogP contribution in [0.4, 0.5) is 4.39 Å². The van der Waals surface area contributed by atoms with E-state index in [2.05, 4.69) is 15.0 Å². The second-order valence-electron chi connectivity index (χ2n) is 8.18. The van der Waals surface area contributed by atoms with Crippen molar-refractivity contribution >= 4 is 26.8 Å². The van der Waals surface area contributed by atoms with Gasteiger partial charge in [0.05, 0.1) is 10.9 Å². The topological polar surface area (TPSA) is 91.1 Å². The Morgan fingerprint density at radius 2 is 1.77 bits per heavy atom. The van der Waals surface area contributed by atoms with Crippen LogP contribution in [-0.4, -0.2) is 25.4 Å². The molecule has 6 nitrogen and oxygen atoms in total. The molecule has 31 heavy (non-hydrogen) atoms. The molecule has 1 amide bonds. The van der Waals surface area contributed by atoms with Gasteiger partial charge >= 0.3 is 0 Å². The molecule has 1 heterocycles. The molecule has 0 saturated heterocycles. The number of H-pyrrole nitrogens is 1. The van der Waals surface area contributed by atoms with Gasteiger partial charge in [-0.25, -0.2) is 17.5 Å². The number of hydrogen-bond acceptors (Lipinski definition) is 3. The van der Waals surface area contributed by atoms with Crippen molar-refractivity contribution < 1.29 is 17.6 Å². The number of rotatable bonds is 6. The minimum absolute atomic E-state index is 0.0453. The quantitative estimate of drug-likeness (QED) is 0.537. The van der Waals surface area contributed by atoms with Crippen molar-refractivity contribution in [3.63, 3.8) is 0 Å². The number of benzene rings is 2. The number of nitrogens with one attached hydrogen (secondary N) is 3. The van der Waals surface area contributed by atoms with Gasteiger partial charge in [0.15, 0.2) is 0 Å². The lowest BCUT2D eigenvalue weighted by molar-refractivity contribution is -0.126. The first-order valence-corrected chi connectivity index (χ1v) is 12.0. The Bertz CT molecular complexity index is 1170. The van der Waals surface area contributed by atoms with Crippen molar-refractivity contribution in [2.24, 2.45) is 5.92 Å². The van der Waals surface area contributed by atoms with Crippen LogP contribution in [0.1, 0.15) is 44.2 Å². The molecule has 4 rings (SSSR count). The van der Waals surface area contributed by atoms with Crippen molar-refractivity contribution in [3.05, 3.63) is 66.1 Å².